The van der Waals surface area contributed by atoms with Gasteiger partial charge in [0.25, 0.3) is 10.1 Å². The van der Waals surface area contributed by atoms with Gasteiger partial charge >= 0.3 is 11.9 Å². The van der Waals surface area contributed by atoms with Crippen LogP contribution in [0.4, 0.5) is 0 Å². The quantitative estimate of drug-likeness (QED) is 0.275. The Kier molecular flexibility index (Phi) is 10.6. The molecular weight excluding hydrogens is 406 g/mol. The van der Waals surface area contributed by atoms with E-state index < -0.39 is 34.3 Å². The summed E-state index contributed by atoms with van der Waals surface area (Å²) in [6, 6.07) is 3.26. The number of hydrogen-bond donors (Lipinski definition) is 4. The minimum absolute atomic E-state index is 0.138. The number of aromatic hydroxyl groups is 2. The Bertz CT molecular complexity index is 785. The van der Waals surface area contributed by atoms with Crippen molar-refractivity contribution in [2.45, 2.75) is 52.4 Å². The van der Waals surface area contributed by atoms with E-state index in [2.05, 4.69) is 0 Å². The summed E-state index contributed by atoms with van der Waals surface area (Å²) in [6.07, 6.45) is -0.375. The minimum Gasteiger partial charge on any atom is -0.504 e. The highest BCUT2D eigenvalue weighted by atomic mass is 32.2. The molecule has 11 heteroatoms. The van der Waals surface area contributed by atoms with Crippen molar-refractivity contribution in [3.05, 3.63) is 23.8 Å². The molecule has 3 atom stereocenters. The van der Waals surface area contributed by atoms with Gasteiger partial charge in [0, 0.05) is 0 Å². The molecular formula is C18H29NO9S. The Morgan fingerprint density at radius 2 is 1.45 bits per heavy atom. The van der Waals surface area contributed by atoms with Gasteiger partial charge in [0.1, 0.15) is 18.2 Å². The number of ether oxygens (including phenoxy) is 2. The average Bonchev–Trinajstić information content (AvgIpc) is 2.56. The van der Waals surface area contributed by atoms with Crippen LogP contribution in [-0.4, -0.2) is 59.6 Å². The maximum atomic E-state index is 12.0. The predicted octanol–water partition coefficient (Wildman–Crippen LogP) is 0.991. The Morgan fingerprint density at radius 3 is 1.86 bits per heavy atom. The summed E-state index contributed by atoms with van der Waals surface area (Å²) in [7, 11) is -3.67. The van der Waals surface area contributed by atoms with Crippen molar-refractivity contribution < 1.29 is 42.2 Å². The van der Waals surface area contributed by atoms with Gasteiger partial charge in [-0.05, 0) is 38.0 Å². The lowest BCUT2D eigenvalue weighted by atomic mass is 10.1. The Balaban J connectivity index is 0.00000139. The van der Waals surface area contributed by atoms with Crippen LogP contribution in [0.25, 0.3) is 0 Å². The SMILES string of the molecule is CC(C)C(=O)O[C@H](C)[C@@H](C)OC(=O)[C@@H](N)Cc1ccc(O)c(O)c1.CS(=O)(=O)O. The van der Waals surface area contributed by atoms with Crippen molar-refractivity contribution in [3.8, 4) is 11.5 Å². The fourth-order valence-electron chi connectivity index (χ4n) is 1.81. The fourth-order valence-corrected chi connectivity index (χ4v) is 1.81. The van der Waals surface area contributed by atoms with E-state index >= 15 is 0 Å². The van der Waals surface area contributed by atoms with Gasteiger partial charge in [0.15, 0.2) is 11.5 Å². The average molecular weight is 435 g/mol. The highest BCUT2D eigenvalue weighted by molar-refractivity contribution is 7.85. The molecule has 0 spiro atoms. The monoisotopic (exact) mass is 435 g/mol. The van der Waals surface area contributed by atoms with Gasteiger partial charge < -0.3 is 25.4 Å². The predicted molar refractivity (Wildman–Crippen MR) is 105 cm³/mol. The summed E-state index contributed by atoms with van der Waals surface area (Å²) in [6.45, 7) is 6.69. The zero-order valence-corrected chi connectivity index (χ0v) is 17.8. The van der Waals surface area contributed by atoms with Crippen LogP contribution in [0.5, 0.6) is 11.5 Å². The van der Waals surface area contributed by atoms with Crippen LogP contribution in [0.1, 0.15) is 33.3 Å². The topological polar surface area (TPSA) is 173 Å². The molecule has 1 aromatic rings. The fraction of sp³-hybridized carbons (Fsp3) is 0.556. The summed E-state index contributed by atoms with van der Waals surface area (Å²) >= 11 is 0. The summed E-state index contributed by atoms with van der Waals surface area (Å²) in [5, 5.41) is 18.7. The first-order valence-corrected chi connectivity index (χ1v) is 10.6. The summed E-state index contributed by atoms with van der Waals surface area (Å²) in [4.78, 5) is 23.6. The number of phenolic OH excluding ortho intramolecular Hbond substituents is 2. The molecule has 10 nitrogen and oxygen atoms in total. The number of esters is 2. The molecule has 0 radical (unpaired) electrons. The number of phenols is 2. The van der Waals surface area contributed by atoms with Crippen LogP contribution >= 0.6 is 0 Å². The normalized spacial score (nSPS) is 14.2. The molecule has 0 saturated carbocycles. The molecule has 0 aromatic heterocycles. The van der Waals surface area contributed by atoms with Gasteiger partial charge in [-0.1, -0.05) is 19.9 Å². The lowest BCUT2D eigenvalue weighted by Crippen LogP contribution is -2.39. The molecule has 0 fully saturated rings. The van der Waals surface area contributed by atoms with Crippen LogP contribution in [0.3, 0.4) is 0 Å². The van der Waals surface area contributed by atoms with Gasteiger partial charge in [0.05, 0.1) is 12.2 Å². The summed E-state index contributed by atoms with van der Waals surface area (Å²) < 4.78 is 36.3. The molecule has 0 unspecified atom stereocenters. The number of hydrogen-bond acceptors (Lipinski definition) is 9. The number of nitrogens with two attached hydrogens (primary N) is 1. The van der Waals surface area contributed by atoms with Gasteiger partial charge in [-0.25, -0.2) is 0 Å². The maximum absolute atomic E-state index is 12.0. The van der Waals surface area contributed by atoms with Gasteiger partial charge in [-0.3, -0.25) is 14.1 Å². The largest absolute Gasteiger partial charge is 0.504 e. The minimum atomic E-state index is -3.67. The van der Waals surface area contributed by atoms with Crippen molar-refractivity contribution in [2.24, 2.45) is 11.7 Å². The van der Waals surface area contributed by atoms with Crippen molar-refractivity contribution in [3.63, 3.8) is 0 Å². The van der Waals surface area contributed by atoms with Gasteiger partial charge in [-0.15, -0.1) is 0 Å². The molecule has 0 aliphatic carbocycles. The van der Waals surface area contributed by atoms with E-state index in [-0.39, 0.29) is 29.8 Å². The van der Waals surface area contributed by atoms with Crippen molar-refractivity contribution in [2.75, 3.05) is 6.26 Å². The number of rotatable bonds is 7. The highest BCUT2D eigenvalue weighted by Crippen LogP contribution is 2.25. The second-order valence-corrected chi connectivity index (χ2v) is 8.27. The van der Waals surface area contributed by atoms with E-state index in [0.717, 1.165) is 0 Å². The van der Waals surface area contributed by atoms with Crippen LogP contribution in [0.2, 0.25) is 0 Å². The molecule has 0 aliphatic heterocycles. The third-order valence-electron chi connectivity index (χ3n) is 3.53. The first-order valence-electron chi connectivity index (χ1n) is 8.71. The van der Waals surface area contributed by atoms with Crippen LogP contribution < -0.4 is 5.73 Å². The Hall–Kier alpha value is -2.37. The molecule has 0 bridgehead atoms. The molecule has 1 aromatic carbocycles. The lowest BCUT2D eigenvalue weighted by Gasteiger charge is -2.23. The zero-order chi connectivity index (χ0) is 22.9. The van der Waals surface area contributed by atoms with E-state index in [1.54, 1.807) is 33.8 Å². The number of carbonyl (C=O) groups is 2. The molecule has 0 aliphatic rings. The van der Waals surface area contributed by atoms with Gasteiger partial charge in [-0.2, -0.15) is 8.42 Å². The van der Waals surface area contributed by atoms with E-state index in [9.17, 15) is 28.2 Å². The molecule has 0 amide bonds. The second kappa shape index (κ2) is 11.6. The van der Waals surface area contributed by atoms with E-state index in [0.29, 0.717) is 11.8 Å². The Labute approximate surface area is 170 Å². The van der Waals surface area contributed by atoms with Crippen molar-refractivity contribution in [1.29, 1.82) is 0 Å². The van der Waals surface area contributed by atoms with Crippen molar-refractivity contribution >= 4 is 22.1 Å². The zero-order valence-electron chi connectivity index (χ0n) is 17.0. The smallest absolute Gasteiger partial charge is 0.323 e. The Morgan fingerprint density at radius 1 is 1.00 bits per heavy atom. The van der Waals surface area contributed by atoms with Crippen LogP contribution in [0, 0.1) is 5.92 Å². The second-order valence-electron chi connectivity index (χ2n) is 6.81. The first-order chi connectivity index (χ1) is 13.1. The molecule has 1 rings (SSSR count). The van der Waals surface area contributed by atoms with E-state index in [4.69, 9.17) is 19.8 Å². The molecule has 5 N–H and O–H groups in total. The number of carbonyl (C=O) groups excluding carboxylic acids is 2. The maximum Gasteiger partial charge on any atom is 0.323 e. The lowest BCUT2D eigenvalue weighted by molar-refractivity contribution is -0.168. The third kappa shape index (κ3) is 11.9. The van der Waals surface area contributed by atoms with Crippen LogP contribution in [0.15, 0.2) is 18.2 Å². The van der Waals surface area contributed by atoms with E-state index in [1.807, 2.05) is 0 Å². The standard InChI is InChI=1S/C17H25NO6.CH4O3S/c1-9(2)16(21)23-10(3)11(4)24-17(22)13(18)7-12-5-6-14(19)15(20)8-12;1-5(2,3)4/h5-6,8-11,13,19-20H,7,18H2,1-4H3;1H3,(H,2,3,4)/t10-,11-,13+;/m1./s1. The number of benzene rings is 1. The molecule has 0 saturated heterocycles. The van der Waals surface area contributed by atoms with Crippen LogP contribution in [-0.2, 0) is 35.6 Å². The molecule has 29 heavy (non-hydrogen) atoms. The molecule has 166 valence electrons. The van der Waals surface area contributed by atoms with Crippen molar-refractivity contribution in [1.82, 2.24) is 0 Å². The van der Waals surface area contributed by atoms with E-state index in [1.165, 1.54) is 12.1 Å². The summed E-state index contributed by atoms with van der Waals surface area (Å²) in [5.41, 5.74) is 6.39. The summed E-state index contributed by atoms with van der Waals surface area (Å²) in [5.74, 6) is -1.79. The first kappa shape index (κ1) is 26.6. The highest BCUT2D eigenvalue weighted by Gasteiger charge is 2.25. The van der Waals surface area contributed by atoms with Gasteiger partial charge in [0.2, 0.25) is 0 Å². The molecule has 0 heterocycles. The third-order valence-corrected chi connectivity index (χ3v) is 3.53.